The fourth-order valence-electron chi connectivity index (χ4n) is 2.89. The summed E-state index contributed by atoms with van der Waals surface area (Å²) >= 11 is 0. The molecule has 0 radical (unpaired) electrons. The topological polar surface area (TPSA) is 48.0 Å². The summed E-state index contributed by atoms with van der Waals surface area (Å²) in [6.45, 7) is 1.91. The minimum Gasteiger partial charge on any atom is -0.496 e. The molecule has 5 nitrogen and oxygen atoms in total. The lowest BCUT2D eigenvalue weighted by Crippen LogP contribution is -2.39. The van der Waals surface area contributed by atoms with Gasteiger partial charge in [-0.3, -0.25) is 4.79 Å². The van der Waals surface area contributed by atoms with E-state index in [1.807, 2.05) is 23.1 Å². The third kappa shape index (κ3) is 4.45. The molecule has 0 bridgehead atoms. The predicted octanol–water partition coefficient (Wildman–Crippen LogP) is 1.89. The molecule has 1 unspecified atom stereocenters. The Morgan fingerprint density at radius 2 is 2.09 bits per heavy atom. The van der Waals surface area contributed by atoms with E-state index in [4.69, 9.17) is 14.2 Å². The molecule has 22 heavy (non-hydrogen) atoms. The average molecular weight is 307 g/mol. The van der Waals surface area contributed by atoms with Crippen LogP contribution in [0.4, 0.5) is 0 Å². The number of hydrogen-bond acceptors (Lipinski definition) is 4. The molecule has 0 N–H and O–H groups in total. The van der Waals surface area contributed by atoms with Crippen LogP contribution in [0.15, 0.2) is 24.3 Å². The van der Waals surface area contributed by atoms with Gasteiger partial charge in [0.25, 0.3) is 0 Å². The third-order valence-electron chi connectivity index (χ3n) is 4.00. The Hall–Kier alpha value is -1.59. The first-order valence-corrected chi connectivity index (χ1v) is 7.74. The first-order chi connectivity index (χ1) is 10.8. The van der Waals surface area contributed by atoms with E-state index in [0.29, 0.717) is 13.2 Å². The number of para-hydroxylation sites is 1. The van der Waals surface area contributed by atoms with E-state index >= 15 is 0 Å². The molecule has 1 saturated heterocycles. The molecule has 0 spiro atoms. The molecular weight excluding hydrogens is 282 g/mol. The van der Waals surface area contributed by atoms with Crippen LogP contribution in [-0.4, -0.2) is 57.4 Å². The average Bonchev–Trinajstić information content (AvgIpc) is 3.00. The highest BCUT2D eigenvalue weighted by Crippen LogP contribution is 2.26. The third-order valence-corrected chi connectivity index (χ3v) is 4.00. The van der Waals surface area contributed by atoms with Crippen LogP contribution in [0.25, 0.3) is 0 Å². The number of amides is 1. The Kier molecular flexibility index (Phi) is 6.68. The van der Waals surface area contributed by atoms with Gasteiger partial charge in [0.15, 0.2) is 0 Å². The summed E-state index contributed by atoms with van der Waals surface area (Å²) in [5.74, 6) is 0.951. The predicted molar refractivity (Wildman–Crippen MR) is 84.1 cm³/mol. The van der Waals surface area contributed by atoms with E-state index in [2.05, 4.69) is 6.07 Å². The lowest BCUT2D eigenvalue weighted by atomic mass is 10.0. The standard InChI is InChI=1S/C17H25NO4/c1-20-10-11-22-13-17(19)18-9-5-7-15(18)12-14-6-3-4-8-16(14)21-2/h3-4,6,8,15H,5,7,9-13H2,1-2H3. The zero-order valence-electron chi connectivity index (χ0n) is 13.4. The smallest absolute Gasteiger partial charge is 0.248 e. The van der Waals surface area contributed by atoms with Crippen molar-refractivity contribution in [1.29, 1.82) is 0 Å². The van der Waals surface area contributed by atoms with Crippen LogP contribution >= 0.6 is 0 Å². The monoisotopic (exact) mass is 307 g/mol. The van der Waals surface area contributed by atoms with Gasteiger partial charge >= 0.3 is 0 Å². The van der Waals surface area contributed by atoms with Crippen molar-refractivity contribution in [2.45, 2.75) is 25.3 Å². The van der Waals surface area contributed by atoms with E-state index in [1.165, 1.54) is 0 Å². The van der Waals surface area contributed by atoms with E-state index in [-0.39, 0.29) is 18.6 Å². The molecule has 0 aromatic heterocycles. The molecule has 1 amide bonds. The van der Waals surface area contributed by atoms with Crippen molar-refractivity contribution in [3.63, 3.8) is 0 Å². The molecule has 1 atom stereocenters. The van der Waals surface area contributed by atoms with Gasteiger partial charge < -0.3 is 19.1 Å². The van der Waals surface area contributed by atoms with Crippen molar-refractivity contribution >= 4 is 5.91 Å². The maximum Gasteiger partial charge on any atom is 0.248 e. The summed E-state index contributed by atoms with van der Waals surface area (Å²) in [5, 5.41) is 0. The quantitative estimate of drug-likeness (QED) is 0.688. The van der Waals surface area contributed by atoms with Gasteiger partial charge in [0.2, 0.25) is 5.91 Å². The number of likely N-dealkylation sites (tertiary alicyclic amines) is 1. The summed E-state index contributed by atoms with van der Waals surface area (Å²) in [7, 11) is 3.30. The van der Waals surface area contributed by atoms with Crippen LogP contribution in [0, 0.1) is 0 Å². The largest absolute Gasteiger partial charge is 0.496 e. The highest BCUT2D eigenvalue weighted by atomic mass is 16.5. The number of carbonyl (C=O) groups is 1. The van der Waals surface area contributed by atoms with Crippen LogP contribution in [0.2, 0.25) is 0 Å². The van der Waals surface area contributed by atoms with E-state index in [0.717, 1.165) is 37.1 Å². The van der Waals surface area contributed by atoms with Gasteiger partial charge in [0.1, 0.15) is 12.4 Å². The minimum atomic E-state index is 0.0634. The number of ether oxygens (including phenoxy) is 3. The zero-order chi connectivity index (χ0) is 15.8. The van der Waals surface area contributed by atoms with Gasteiger partial charge in [-0.2, -0.15) is 0 Å². The van der Waals surface area contributed by atoms with Crippen molar-refractivity contribution in [3.8, 4) is 5.75 Å². The van der Waals surface area contributed by atoms with Gasteiger partial charge in [-0.15, -0.1) is 0 Å². The second kappa shape index (κ2) is 8.76. The summed E-state index contributed by atoms with van der Waals surface area (Å²) < 4.78 is 15.7. The Labute approximate surface area is 132 Å². The van der Waals surface area contributed by atoms with Crippen molar-refractivity contribution in [1.82, 2.24) is 4.90 Å². The zero-order valence-corrected chi connectivity index (χ0v) is 13.4. The van der Waals surface area contributed by atoms with Crippen LogP contribution in [-0.2, 0) is 20.7 Å². The highest BCUT2D eigenvalue weighted by Gasteiger charge is 2.29. The highest BCUT2D eigenvalue weighted by molar-refractivity contribution is 5.78. The summed E-state index contributed by atoms with van der Waals surface area (Å²) in [5.41, 5.74) is 1.15. The number of hydrogen-bond donors (Lipinski definition) is 0. The van der Waals surface area contributed by atoms with E-state index in [9.17, 15) is 4.79 Å². The van der Waals surface area contributed by atoms with Gasteiger partial charge in [-0.25, -0.2) is 0 Å². The van der Waals surface area contributed by atoms with Crippen molar-refractivity contribution in [3.05, 3.63) is 29.8 Å². The second-order valence-electron chi connectivity index (χ2n) is 5.44. The van der Waals surface area contributed by atoms with Crippen molar-refractivity contribution in [2.75, 3.05) is 40.6 Å². The maximum absolute atomic E-state index is 12.3. The molecule has 0 saturated carbocycles. The fourth-order valence-corrected chi connectivity index (χ4v) is 2.89. The first-order valence-electron chi connectivity index (χ1n) is 7.74. The van der Waals surface area contributed by atoms with Crippen LogP contribution in [0.3, 0.4) is 0 Å². The lowest BCUT2D eigenvalue weighted by molar-refractivity contribution is -0.137. The normalized spacial score (nSPS) is 17.7. The SMILES string of the molecule is COCCOCC(=O)N1CCCC1Cc1ccccc1OC. The molecule has 1 aromatic carbocycles. The molecule has 1 fully saturated rings. The molecule has 122 valence electrons. The van der Waals surface area contributed by atoms with Gasteiger partial charge in [0.05, 0.1) is 20.3 Å². The molecule has 2 rings (SSSR count). The van der Waals surface area contributed by atoms with Crippen molar-refractivity contribution in [2.24, 2.45) is 0 Å². The van der Waals surface area contributed by atoms with Crippen LogP contribution in [0.1, 0.15) is 18.4 Å². The molecule has 1 heterocycles. The summed E-state index contributed by atoms with van der Waals surface area (Å²) in [4.78, 5) is 14.2. The summed E-state index contributed by atoms with van der Waals surface area (Å²) in [6.07, 6.45) is 2.90. The number of nitrogens with zero attached hydrogens (tertiary/aromatic N) is 1. The van der Waals surface area contributed by atoms with Crippen LogP contribution in [0.5, 0.6) is 5.75 Å². The second-order valence-corrected chi connectivity index (χ2v) is 5.44. The molecule has 0 aliphatic carbocycles. The Balaban J connectivity index is 1.91. The molecule has 5 heteroatoms. The Morgan fingerprint density at radius 3 is 2.86 bits per heavy atom. The van der Waals surface area contributed by atoms with Gasteiger partial charge in [0, 0.05) is 19.7 Å². The number of rotatable bonds is 8. The van der Waals surface area contributed by atoms with Crippen LogP contribution < -0.4 is 4.74 Å². The number of carbonyl (C=O) groups excluding carboxylic acids is 1. The Morgan fingerprint density at radius 1 is 1.27 bits per heavy atom. The maximum atomic E-state index is 12.3. The van der Waals surface area contributed by atoms with Gasteiger partial charge in [-0.05, 0) is 30.9 Å². The molecule has 1 aliphatic heterocycles. The molecule has 1 aromatic rings. The fraction of sp³-hybridized carbons (Fsp3) is 0.588. The van der Waals surface area contributed by atoms with Gasteiger partial charge in [-0.1, -0.05) is 18.2 Å². The summed E-state index contributed by atoms with van der Waals surface area (Å²) in [6, 6.07) is 8.23. The number of benzene rings is 1. The first kappa shape index (κ1) is 16.8. The van der Waals surface area contributed by atoms with Crippen molar-refractivity contribution < 1.29 is 19.0 Å². The lowest BCUT2D eigenvalue weighted by Gasteiger charge is -2.25. The van der Waals surface area contributed by atoms with E-state index in [1.54, 1.807) is 14.2 Å². The Bertz CT molecular complexity index is 477. The molecular formula is C17H25NO4. The van der Waals surface area contributed by atoms with E-state index < -0.39 is 0 Å². The molecule has 1 aliphatic rings. The number of methoxy groups -OCH3 is 2. The minimum absolute atomic E-state index is 0.0634.